The van der Waals surface area contributed by atoms with Crippen molar-refractivity contribution in [2.75, 3.05) is 46.9 Å². The summed E-state index contributed by atoms with van der Waals surface area (Å²) in [5.74, 6) is -0.770. The first-order chi connectivity index (χ1) is 34.1. The fourth-order valence-electron chi connectivity index (χ4n) is 11.1. The van der Waals surface area contributed by atoms with Crippen LogP contribution in [0.3, 0.4) is 0 Å². The number of rotatable bonds is 8. The number of carbonyl (C=O) groups is 5. The van der Waals surface area contributed by atoms with E-state index in [9.17, 15) is 32.8 Å². The summed E-state index contributed by atoms with van der Waals surface area (Å²) < 4.78 is 36.4. The number of nitrogens with zero attached hydrogens (tertiary/aromatic N) is 6. The summed E-state index contributed by atoms with van der Waals surface area (Å²) in [7, 11) is 3.11. The number of fused-ring (bicyclic) bond motifs is 6. The Morgan fingerprint density at radius 1 is 1.01 bits per heavy atom. The molecule has 72 heavy (non-hydrogen) atoms. The maximum Gasteiger partial charge on any atom is 0.324 e. The molecule has 1 unspecified atom stereocenters. The third-order valence-corrected chi connectivity index (χ3v) is 14.8. The van der Waals surface area contributed by atoms with E-state index >= 15 is 0 Å². The smallest absolute Gasteiger partial charge is 0.324 e. The zero-order valence-corrected chi connectivity index (χ0v) is 43.2. The van der Waals surface area contributed by atoms with Gasteiger partial charge in [0.25, 0.3) is 17.7 Å². The van der Waals surface area contributed by atoms with Crippen LogP contribution in [-0.2, 0) is 48.1 Å². The molecule has 6 bridgehead atoms. The summed E-state index contributed by atoms with van der Waals surface area (Å²) in [6, 6.07) is 15.0. The Kier molecular flexibility index (Phi) is 15.3. The number of nitrogens with one attached hydrogen (secondary N) is 2. The van der Waals surface area contributed by atoms with Crippen molar-refractivity contribution in [3.05, 3.63) is 77.6 Å². The van der Waals surface area contributed by atoms with Crippen molar-refractivity contribution in [3.63, 3.8) is 0 Å². The summed E-state index contributed by atoms with van der Waals surface area (Å²) >= 11 is 0. The molecule has 4 aliphatic rings. The topological polar surface area (TPSA) is 149 Å². The van der Waals surface area contributed by atoms with E-state index in [2.05, 4.69) is 86.0 Å². The summed E-state index contributed by atoms with van der Waals surface area (Å²) in [5.41, 5.74) is 10.8. The Labute approximate surface area is 422 Å². The maximum absolute atomic E-state index is 14.8. The predicted octanol–water partition coefficient (Wildman–Crippen LogP) is 6.84. The van der Waals surface area contributed by atoms with Crippen LogP contribution in [0.2, 0.25) is 0 Å². The van der Waals surface area contributed by atoms with E-state index in [0.717, 1.165) is 56.7 Å². The number of ether oxygens (including phenoxy) is 1. The maximum atomic E-state index is 14.8. The van der Waals surface area contributed by atoms with E-state index in [4.69, 9.17) is 9.72 Å². The Hall–Kier alpha value is -6.18. The highest BCUT2D eigenvalue weighted by molar-refractivity contribution is 5.97. The quantitative estimate of drug-likeness (QED) is 0.143. The van der Waals surface area contributed by atoms with E-state index in [1.54, 1.807) is 14.1 Å². The van der Waals surface area contributed by atoms with E-state index < -0.39 is 78.1 Å². The van der Waals surface area contributed by atoms with Crippen LogP contribution >= 0.6 is 0 Å². The molecule has 0 spiro atoms. The highest BCUT2D eigenvalue weighted by atomic mass is 19.3. The molecule has 4 aromatic rings. The zero-order valence-electron chi connectivity index (χ0n) is 43.2. The van der Waals surface area contributed by atoms with Gasteiger partial charge in [-0.05, 0) is 104 Å². The van der Waals surface area contributed by atoms with Crippen molar-refractivity contribution < 1.29 is 37.5 Å². The number of likely N-dealkylation sites (N-methyl/N-ethyl adjacent to an activating group) is 1. The Morgan fingerprint density at radius 2 is 1.78 bits per heavy atom. The number of hydrazine groups is 1. The van der Waals surface area contributed by atoms with Gasteiger partial charge >= 0.3 is 5.97 Å². The number of alkyl halides is 2. The number of aryl methyl sites for hydroxylation is 1. The lowest BCUT2D eigenvalue weighted by molar-refractivity contribution is -0.155. The fourth-order valence-corrected chi connectivity index (χ4v) is 11.1. The molecule has 0 saturated carbocycles. The number of hydrogen-bond acceptors (Lipinski definition) is 9. The van der Waals surface area contributed by atoms with Gasteiger partial charge in [0, 0.05) is 74.1 Å². The molecule has 2 aromatic carbocycles. The number of likely N-dealkylation sites (tertiary alicyclic amines) is 2. The number of pyridine rings is 1. The van der Waals surface area contributed by atoms with Crippen molar-refractivity contribution in [1.29, 1.82) is 0 Å². The molecule has 384 valence electrons. The summed E-state index contributed by atoms with van der Waals surface area (Å²) in [4.78, 5) is 79.8. The van der Waals surface area contributed by atoms with E-state index in [1.807, 2.05) is 50.4 Å². The van der Waals surface area contributed by atoms with Crippen molar-refractivity contribution in [2.24, 2.45) is 17.3 Å². The SMILES string of the molecule is CCn1c(-c2cccnc2C(C)C)c2c3cc(ccc31)-c1cccc(c1)C[C@H](NC(=O)[C@H](C(C)C)N(C)C(=O)C1CCN(C(=O)C#C[C@@H]3CC(F)(F)CN3C)C1)C(=O)N1CCC[C@H](N1)C(=O)OCC(C)(C)C2. The second-order valence-electron chi connectivity index (χ2n) is 21.8. The molecule has 16 heteroatoms. The van der Waals surface area contributed by atoms with Crippen LogP contribution < -0.4 is 10.7 Å². The standard InChI is InChI=1S/C56H70F2N8O6/c1-10-65-46-20-18-38-28-42(46)43(50(65)41-16-12-23-59-48(41)34(2)3)30-55(6,7)33-72-54(71)44-17-13-24-66(61-44)53(70)45(27-36-14-11-15-37(38)26-36)60-51(68)49(35(4)5)63(9)52(69)39-22-25-64(31-39)47(67)21-19-40-29-56(57,58)32-62(40)8/h11-12,14-16,18,20,23,26,28,34-35,39-40,44-45,49,61H,10,13,17,22,24-25,27,29-33H2,1-9H3,(H,60,68)/t39?,40-,44+,45+,49+/m1/s1. The van der Waals surface area contributed by atoms with Gasteiger partial charge in [-0.15, -0.1) is 0 Å². The Balaban J connectivity index is 1.10. The minimum atomic E-state index is -2.87. The first kappa shape index (κ1) is 52.2. The van der Waals surface area contributed by atoms with Crippen LogP contribution in [0.15, 0.2) is 60.8 Å². The van der Waals surface area contributed by atoms with Crippen LogP contribution in [0.5, 0.6) is 0 Å². The van der Waals surface area contributed by atoms with Crippen LogP contribution in [0, 0.1) is 29.1 Å². The van der Waals surface area contributed by atoms with Crippen LogP contribution in [0.25, 0.3) is 33.3 Å². The average molecular weight is 989 g/mol. The van der Waals surface area contributed by atoms with Gasteiger partial charge < -0.3 is 24.4 Å². The molecule has 8 rings (SSSR count). The monoisotopic (exact) mass is 989 g/mol. The van der Waals surface area contributed by atoms with Gasteiger partial charge in [0.1, 0.15) is 18.1 Å². The Morgan fingerprint density at radius 3 is 2.49 bits per heavy atom. The van der Waals surface area contributed by atoms with Gasteiger partial charge in [0.2, 0.25) is 11.8 Å². The number of benzene rings is 2. The molecule has 5 atom stereocenters. The lowest BCUT2D eigenvalue weighted by Gasteiger charge is -2.37. The number of carbonyl (C=O) groups excluding carboxylic acids is 5. The first-order valence-corrected chi connectivity index (χ1v) is 25.5. The molecule has 2 N–H and O–H groups in total. The molecule has 6 heterocycles. The van der Waals surface area contributed by atoms with Crippen LogP contribution in [0.1, 0.15) is 96.9 Å². The fraction of sp³-hybridized carbons (Fsp3) is 0.536. The lowest BCUT2D eigenvalue weighted by atomic mass is 9.83. The van der Waals surface area contributed by atoms with Gasteiger partial charge in [-0.1, -0.05) is 77.8 Å². The van der Waals surface area contributed by atoms with Crippen LogP contribution in [-0.4, -0.2) is 136 Å². The van der Waals surface area contributed by atoms with Crippen molar-refractivity contribution in [2.45, 2.75) is 130 Å². The van der Waals surface area contributed by atoms with E-state index in [0.29, 0.717) is 32.2 Å². The number of halogens is 2. The highest BCUT2D eigenvalue weighted by Crippen LogP contribution is 2.42. The van der Waals surface area contributed by atoms with E-state index in [1.165, 1.54) is 19.7 Å². The normalized spacial score (nSPS) is 22.8. The molecule has 3 saturated heterocycles. The number of hydrogen-bond donors (Lipinski definition) is 2. The minimum Gasteiger partial charge on any atom is -0.464 e. The molecule has 0 radical (unpaired) electrons. The molecular formula is C56H70F2N8O6. The van der Waals surface area contributed by atoms with Gasteiger partial charge in [-0.3, -0.25) is 38.9 Å². The third kappa shape index (κ3) is 11.1. The molecule has 3 fully saturated rings. The van der Waals surface area contributed by atoms with Crippen molar-refractivity contribution >= 4 is 40.5 Å². The summed E-state index contributed by atoms with van der Waals surface area (Å²) in [5, 5.41) is 5.55. The molecule has 4 aliphatic heterocycles. The number of cyclic esters (lactones) is 1. The summed E-state index contributed by atoms with van der Waals surface area (Å²) in [6.45, 7) is 15.4. The van der Waals surface area contributed by atoms with Crippen LogP contribution in [0.4, 0.5) is 8.78 Å². The number of esters is 1. The van der Waals surface area contributed by atoms with Crippen molar-refractivity contribution in [3.8, 4) is 34.2 Å². The summed E-state index contributed by atoms with van der Waals surface area (Å²) in [6.07, 6.45) is 3.43. The van der Waals surface area contributed by atoms with Crippen molar-refractivity contribution in [1.82, 2.24) is 40.0 Å². The van der Waals surface area contributed by atoms with E-state index in [-0.39, 0.29) is 43.9 Å². The van der Waals surface area contributed by atoms with Gasteiger partial charge in [-0.2, -0.15) is 0 Å². The third-order valence-electron chi connectivity index (χ3n) is 14.8. The minimum absolute atomic E-state index is 0.0718. The molecule has 0 aliphatic carbocycles. The first-order valence-electron chi connectivity index (χ1n) is 25.5. The number of amides is 4. The zero-order chi connectivity index (χ0) is 51.8. The molecular weight excluding hydrogens is 919 g/mol. The Bertz CT molecular complexity index is 2790. The largest absolute Gasteiger partial charge is 0.464 e. The number of aromatic nitrogens is 2. The second kappa shape index (κ2) is 21.1. The average Bonchev–Trinajstić information content (AvgIpc) is 4.04. The lowest BCUT2D eigenvalue weighted by Crippen LogP contribution is -2.62. The molecule has 14 nitrogen and oxygen atoms in total. The predicted molar refractivity (Wildman–Crippen MR) is 272 cm³/mol. The van der Waals surface area contributed by atoms with Gasteiger partial charge in [-0.25, -0.2) is 14.2 Å². The molecule has 4 amide bonds. The highest BCUT2D eigenvalue weighted by Gasteiger charge is 2.43. The van der Waals surface area contributed by atoms with Gasteiger partial charge in [0.15, 0.2) is 0 Å². The van der Waals surface area contributed by atoms with Gasteiger partial charge in [0.05, 0.1) is 36.5 Å². The molecule has 2 aromatic heterocycles. The second-order valence-corrected chi connectivity index (χ2v) is 21.8.